The molecule has 1 aliphatic heterocycles. The lowest BCUT2D eigenvalue weighted by molar-refractivity contribution is -0.148. The number of aromatic carboxylic acids is 1. The van der Waals surface area contributed by atoms with Gasteiger partial charge in [-0.05, 0) is 49.8 Å². The summed E-state index contributed by atoms with van der Waals surface area (Å²) in [7, 11) is 0. The molecule has 30 heavy (non-hydrogen) atoms. The van der Waals surface area contributed by atoms with Crippen molar-refractivity contribution in [3.8, 4) is 0 Å². The minimum absolute atomic E-state index is 0.230. The first kappa shape index (κ1) is 22.2. The number of hydrogen-bond acceptors (Lipinski definition) is 3. The van der Waals surface area contributed by atoms with Crippen LogP contribution in [0.5, 0.6) is 0 Å². The van der Waals surface area contributed by atoms with Crippen LogP contribution in [0.4, 0.5) is 8.78 Å². The summed E-state index contributed by atoms with van der Waals surface area (Å²) in [5, 5.41) is 8.98. The summed E-state index contributed by atoms with van der Waals surface area (Å²) in [6.45, 7) is 0.230. The second kappa shape index (κ2) is 9.98. The molecule has 1 atom stereocenters. The predicted molar refractivity (Wildman–Crippen MR) is 113 cm³/mol. The third-order valence-corrected chi connectivity index (χ3v) is 6.30. The minimum atomic E-state index is -3.32. The van der Waals surface area contributed by atoms with E-state index in [9.17, 15) is 18.4 Å². The Morgan fingerprint density at radius 1 is 1.17 bits per heavy atom. The zero-order valence-electron chi connectivity index (χ0n) is 16.6. The first-order valence-corrected chi connectivity index (χ1v) is 10.9. The van der Waals surface area contributed by atoms with Crippen LogP contribution in [0.15, 0.2) is 54.6 Å². The second-order valence-corrected chi connectivity index (χ2v) is 8.62. The zero-order chi connectivity index (χ0) is 21.6. The number of unbranched alkanes of at least 4 members (excludes halogenated alkanes) is 1. The molecule has 0 bridgehead atoms. The molecule has 1 fully saturated rings. The van der Waals surface area contributed by atoms with E-state index in [2.05, 4.69) is 12.1 Å². The number of halogens is 2. The number of carboxylic acids is 1. The van der Waals surface area contributed by atoms with Crippen LogP contribution in [0.25, 0.3) is 0 Å². The average molecular weight is 434 g/mol. The van der Waals surface area contributed by atoms with Gasteiger partial charge in [0.05, 0.1) is 6.04 Å². The lowest BCUT2D eigenvalue weighted by atomic mass is 10.1. The summed E-state index contributed by atoms with van der Waals surface area (Å²) in [5.74, 6) is -5.41. The van der Waals surface area contributed by atoms with Gasteiger partial charge in [0.2, 0.25) is 0 Å². The molecule has 4 nitrogen and oxygen atoms in total. The highest BCUT2D eigenvalue weighted by Crippen LogP contribution is 2.34. The summed E-state index contributed by atoms with van der Waals surface area (Å²) in [4.78, 5) is 25.5. The van der Waals surface area contributed by atoms with Gasteiger partial charge in [0.1, 0.15) is 4.88 Å². The molecule has 0 saturated carbocycles. The number of thiophene rings is 1. The van der Waals surface area contributed by atoms with Gasteiger partial charge in [-0.2, -0.15) is 8.78 Å². The Balaban J connectivity index is 1.50. The van der Waals surface area contributed by atoms with Gasteiger partial charge in [-0.1, -0.05) is 42.5 Å². The van der Waals surface area contributed by atoms with Gasteiger partial charge < -0.3 is 10.0 Å². The number of carbonyl (C=O) groups excluding carboxylic acids is 1. The quantitative estimate of drug-likeness (QED) is 0.414. The third kappa shape index (κ3) is 5.75. The average Bonchev–Trinajstić information content (AvgIpc) is 3.27. The van der Waals surface area contributed by atoms with Crippen molar-refractivity contribution in [2.75, 3.05) is 6.54 Å². The number of aryl methyl sites for hydroxylation is 2. The monoisotopic (exact) mass is 433 g/mol. The molecule has 1 aromatic carbocycles. The molecule has 0 radical (unpaired) electrons. The number of carbonyl (C=O) groups is 2. The molecule has 7 heteroatoms. The summed E-state index contributed by atoms with van der Waals surface area (Å²) in [6, 6.07) is 12.8. The molecule has 160 valence electrons. The highest BCUT2D eigenvalue weighted by molar-refractivity contribution is 7.13. The van der Waals surface area contributed by atoms with E-state index < -0.39 is 30.3 Å². The number of allylic oxidation sites excluding steroid dienone is 1. The molecule has 2 aromatic rings. The fourth-order valence-corrected chi connectivity index (χ4v) is 4.52. The molecule has 2 heterocycles. The first-order valence-electron chi connectivity index (χ1n) is 10.1. The molecular formula is C23H25F2NO3S. The lowest BCUT2D eigenvalue weighted by Gasteiger charge is -2.21. The molecule has 1 aliphatic rings. The van der Waals surface area contributed by atoms with Crippen LogP contribution in [0.3, 0.4) is 0 Å². The Morgan fingerprint density at radius 3 is 2.63 bits per heavy atom. The Morgan fingerprint density at radius 2 is 1.93 bits per heavy atom. The van der Waals surface area contributed by atoms with Gasteiger partial charge in [-0.15, -0.1) is 11.3 Å². The van der Waals surface area contributed by atoms with Gasteiger partial charge in [-0.3, -0.25) is 4.79 Å². The number of rotatable bonds is 10. The van der Waals surface area contributed by atoms with Crippen LogP contribution >= 0.6 is 11.3 Å². The van der Waals surface area contributed by atoms with Gasteiger partial charge >= 0.3 is 11.9 Å². The van der Waals surface area contributed by atoms with Crippen molar-refractivity contribution in [3.05, 3.63) is 69.9 Å². The van der Waals surface area contributed by atoms with E-state index in [1.165, 1.54) is 21.8 Å². The van der Waals surface area contributed by atoms with E-state index in [4.69, 9.17) is 5.11 Å². The summed E-state index contributed by atoms with van der Waals surface area (Å²) >= 11 is 1.18. The van der Waals surface area contributed by atoms with Crippen molar-refractivity contribution >= 4 is 23.2 Å². The zero-order valence-corrected chi connectivity index (χ0v) is 17.4. The number of alkyl halides is 2. The fraction of sp³-hybridized carbons (Fsp3) is 0.391. The van der Waals surface area contributed by atoms with Crippen LogP contribution < -0.4 is 0 Å². The number of carboxylic acid groups (broad SMARTS) is 1. The lowest BCUT2D eigenvalue weighted by Crippen LogP contribution is -2.36. The predicted octanol–water partition coefficient (Wildman–Crippen LogP) is 5.19. The molecule has 0 aliphatic carbocycles. The van der Waals surface area contributed by atoms with Crippen molar-refractivity contribution in [2.24, 2.45) is 0 Å². The maximum Gasteiger partial charge on any atom is 0.345 e. The van der Waals surface area contributed by atoms with Crippen LogP contribution in [-0.4, -0.2) is 40.4 Å². The minimum Gasteiger partial charge on any atom is -0.477 e. The van der Waals surface area contributed by atoms with Crippen molar-refractivity contribution in [1.29, 1.82) is 0 Å². The molecule has 1 saturated heterocycles. The SMILES string of the molecule is O=C(O)c1ccc(CCCN2C(=O)C(F)(F)CC2/C=C/CCCc2ccccc2)s1. The van der Waals surface area contributed by atoms with Gasteiger partial charge in [-0.25, -0.2) is 4.79 Å². The largest absolute Gasteiger partial charge is 0.477 e. The Labute approximate surface area is 178 Å². The maximum atomic E-state index is 14.0. The third-order valence-electron chi connectivity index (χ3n) is 5.17. The first-order chi connectivity index (χ1) is 14.4. The number of benzene rings is 1. The topological polar surface area (TPSA) is 57.6 Å². The van der Waals surface area contributed by atoms with Crippen molar-refractivity contribution in [2.45, 2.75) is 50.5 Å². The van der Waals surface area contributed by atoms with Crippen molar-refractivity contribution < 1.29 is 23.5 Å². The van der Waals surface area contributed by atoms with E-state index in [-0.39, 0.29) is 11.4 Å². The molecular weight excluding hydrogens is 408 g/mol. The maximum absolute atomic E-state index is 14.0. The van der Waals surface area contributed by atoms with E-state index in [1.54, 1.807) is 18.2 Å². The normalized spacial score (nSPS) is 18.4. The number of likely N-dealkylation sites (tertiary alicyclic amines) is 1. The molecule has 1 aromatic heterocycles. The highest BCUT2D eigenvalue weighted by Gasteiger charge is 2.52. The van der Waals surface area contributed by atoms with Gasteiger partial charge in [0.15, 0.2) is 0 Å². The summed E-state index contributed by atoms with van der Waals surface area (Å²) in [5.41, 5.74) is 1.25. The molecule has 3 rings (SSSR count). The van der Waals surface area contributed by atoms with E-state index in [0.717, 1.165) is 24.1 Å². The highest BCUT2D eigenvalue weighted by atomic mass is 32.1. The van der Waals surface area contributed by atoms with Crippen molar-refractivity contribution in [1.82, 2.24) is 4.90 Å². The van der Waals surface area contributed by atoms with Crippen LogP contribution in [0, 0.1) is 0 Å². The molecule has 1 amide bonds. The molecule has 1 unspecified atom stereocenters. The Hall–Kier alpha value is -2.54. The fourth-order valence-electron chi connectivity index (χ4n) is 3.63. The summed E-state index contributed by atoms with van der Waals surface area (Å²) in [6.07, 6.45) is 6.83. The van der Waals surface area contributed by atoms with E-state index >= 15 is 0 Å². The molecule has 0 spiro atoms. The van der Waals surface area contributed by atoms with E-state index in [1.807, 2.05) is 24.3 Å². The van der Waals surface area contributed by atoms with Crippen molar-refractivity contribution in [3.63, 3.8) is 0 Å². The standard InChI is InChI=1S/C23H25F2NO3S/c24-23(25)16-18(11-6-2-5-10-17-8-3-1-4-9-17)26(22(23)29)15-7-12-19-13-14-20(30-19)21(27)28/h1,3-4,6,8-9,11,13-14,18H,2,5,7,10,12,15-16H2,(H,27,28)/b11-6+. The van der Waals surface area contributed by atoms with Gasteiger partial charge in [0, 0.05) is 17.8 Å². The molecule has 1 N–H and O–H groups in total. The van der Waals surface area contributed by atoms with E-state index in [0.29, 0.717) is 12.8 Å². The number of amides is 1. The van der Waals surface area contributed by atoms with Crippen LogP contribution in [0.2, 0.25) is 0 Å². The Kier molecular flexibility index (Phi) is 7.37. The number of hydrogen-bond donors (Lipinski definition) is 1. The van der Waals surface area contributed by atoms with Crippen LogP contribution in [0.1, 0.15) is 45.8 Å². The van der Waals surface area contributed by atoms with Crippen LogP contribution in [-0.2, 0) is 17.6 Å². The summed E-state index contributed by atoms with van der Waals surface area (Å²) < 4.78 is 28.0. The number of nitrogens with zero attached hydrogens (tertiary/aromatic N) is 1. The Bertz CT molecular complexity index is 895. The smallest absolute Gasteiger partial charge is 0.345 e. The van der Waals surface area contributed by atoms with Gasteiger partial charge in [0.25, 0.3) is 5.91 Å². The second-order valence-electron chi connectivity index (χ2n) is 7.46.